The minimum atomic E-state index is 0.257. The molecule has 2 aromatic rings. The highest BCUT2D eigenvalue weighted by Gasteiger charge is 2.17. The van der Waals surface area contributed by atoms with Gasteiger partial charge in [0.2, 0.25) is 0 Å². The Morgan fingerprint density at radius 1 is 1.35 bits per heavy atom. The molecule has 1 atom stereocenters. The number of halogens is 1. The van der Waals surface area contributed by atoms with Crippen LogP contribution in [0.3, 0.4) is 0 Å². The van der Waals surface area contributed by atoms with E-state index in [2.05, 4.69) is 35.3 Å². The molecule has 0 aliphatic rings. The highest BCUT2D eigenvalue weighted by atomic mass is 35.5. The van der Waals surface area contributed by atoms with E-state index in [1.54, 1.807) is 17.7 Å². The summed E-state index contributed by atoms with van der Waals surface area (Å²) in [5.41, 5.74) is 0. The van der Waals surface area contributed by atoms with Crippen molar-refractivity contribution >= 4 is 22.9 Å². The number of aryl methyl sites for hydroxylation is 1. The summed E-state index contributed by atoms with van der Waals surface area (Å²) in [7, 11) is 0. The van der Waals surface area contributed by atoms with E-state index in [-0.39, 0.29) is 6.04 Å². The second-order valence-electron chi connectivity index (χ2n) is 4.75. The van der Waals surface area contributed by atoms with Gasteiger partial charge in [-0.1, -0.05) is 25.4 Å². The van der Waals surface area contributed by atoms with Gasteiger partial charge in [0.15, 0.2) is 0 Å². The van der Waals surface area contributed by atoms with Crippen molar-refractivity contribution in [2.24, 2.45) is 0 Å². The van der Waals surface area contributed by atoms with Gasteiger partial charge in [-0.2, -0.15) is 5.10 Å². The highest BCUT2D eigenvalue weighted by Crippen LogP contribution is 2.28. The van der Waals surface area contributed by atoms with E-state index in [0.29, 0.717) is 0 Å². The highest BCUT2D eigenvalue weighted by molar-refractivity contribution is 7.16. The van der Waals surface area contributed by atoms with Crippen LogP contribution >= 0.6 is 22.9 Å². The molecule has 20 heavy (non-hydrogen) atoms. The molecule has 2 aromatic heterocycles. The first-order chi connectivity index (χ1) is 9.74. The van der Waals surface area contributed by atoms with Crippen molar-refractivity contribution < 1.29 is 0 Å². The second kappa shape index (κ2) is 7.76. The van der Waals surface area contributed by atoms with Crippen molar-refractivity contribution in [2.45, 2.75) is 45.7 Å². The fraction of sp³-hybridized carbons (Fsp3) is 0.571. The van der Waals surface area contributed by atoms with Gasteiger partial charge in [-0.25, -0.2) is 4.98 Å². The molecule has 1 N–H and O–H groups in total. The van der Waals surface area contributed by atoms with E-state index in [1.165, 1.54) is 4.88 Å². The summed E-state index contributed by atoms with van der Waals surface area (Å²) in [5.74, 6) is 1.03. The molecule has 0 saturated carbocycles. The van der Waals surface area contributed by atoms with Gasteiger partial charge in [0, 0.05) is 23.9 Å². The zero-order valence-electron chi connectivity index (χ0n) is 12.0. The monoisotopic (exact) mass is 312 g/mol. The minimum Gasteiger partial charge on any atom is -0.309 e. The molecule has 6 heteroatoms. The maximum absolute atomic E-state index is 6.06. The topological polar surface area (TPSA) is 42.7 Å². The first kappa shape index (κ1) is 15.5. The van der Waals surface area contributed by atoms with Crippen LogP contribution in [0.25, 0.3) is 0 Å². The summed E-state index contributed by atoms with van der Waals surface area (Å²) < 4.78 is 2.83. The molecule has 0 saturated heterocycles. The Bertz CT molecular complexity index is 523. The number of hydrogen-bond acceptors (Lipinski definition) is 4. The van der Waals surface area contributed by atoms with E-state index in [4.69, 9.17) is 11.6 Å². The molecule has 1 unspecified atom stereocenters. The average molecular weight is 313 g/mol. The summed E-state index contributed by atoms with van der Waals surface area (Å²) in [5, 5.41) is 7.87. The molecular formula is C14H21ClN4S. The van der Waals surface area contributed by atoms with Crippen molar-refractivity contribution in [3.05, 3.63) is 33.5 Å². The molecule has 0 fully saturated rings. The number of nitrogens with one attached hydrogen (secondary N) is 1. The van der Waals surface area contributed by atoms with Crippen molar-refractivity contribution in [3.63, 3.8) is 0 Å². The van der Waals surface area contributed by atoms with Gasteiger partial charge in [-0.15, -0.1) is 11.3 Å². The van der Waals surface area contributed by atoms with Gasteiger partial charge in [0.1, 0.15) is 12.2 Å². The SMILES string of the molecule is CCCNC(Cc1ncnn1CCC)c1ccc(Cl)s1. The third kappa shape index (κ3) is 4.04. The molecule has 0 spiro atoms. The summed E-state index contributed by atoms with van der Waals surface area (Å²) in [6, 6.07) is 4.31. The predicted molar refractivity (Wildman–Crippen MR) is 84.4 cm³/mol. The Kier molecular flexibility index (Phi) is 6.01. The lowest BCUT2D eigenvalue weighted by Crippen LogP contribution is -2.24. The summed E-state index contributed by atoms with van der Waals surface area (Å²) >= 11 is 7.69. The van der Waals surface area contributed by atoms with Gasteiger partial charge < -0.3 is 5.32 Å². The van der Waals surface area contributed by atoms with Crippen molar-refractivity contribution in [2.75, 3.05) is 6.54 Å². The molecule has 2 rings (SSSR count). The van der Waals surface area contributed by atoms with Crippen LogP contribution in [-0.4, -0.2) is 21.3 Å². The van der Waals surface area contributed by atoms with E-state index in [9.17, 15) is 0 Å². The third-order valence-corrected chi connectivity index (χ3v) is 4.44. The molecule has 0 bridgehead atoms. The van der Waals surface area contributed by atoms with Crippen molar-refractivity contribution in [1.82, 2.24) is 20.1 Å². The zero-order chi connectivity index (χ0) is 14.4. The number of rotatable bonds is 8. The number of thiophene rings is 1. The normalized spacial score (nSPS) is 12.8. The Morgan fingerprint density at radius 3 is 2.85 bits per heavy atom. The molecule has 0 amide bonds. The van der Waals surface area contributed by atoms with Crippen LogP contribution in [0.1, 0.15) is 43.4 Å². The lowest BCUT2D eigenvalue weighted by Gasteiger charge is -2.17. The molecule has 0 aromatic carbocycles. The van der Waals surface area contributed by atoms with Gasteiger partial charge >= 0.3 is 0 Å². The maximum Gasteiger partial charge on any atom is 0.138 e. The van der Waals surface area contributed by atoms with Crippen LogP contribution in [-0.2, 0) is 13.0 Å². The standard InChI is InChI=1S/C14H21ClN4S/c1-3-7-16-11(12-5-6-13(15)20-12)9-14-17-10-18-19(14)8-4-2/h5-6,10-11,16H,3-4,7-9H2,1-2H3. The first-order valence-corrected chi connectivity index (χ1v) is 8.29. The number of aromatic nitrogens is 3. The lowest BCUT2D eigenvalue weighted by atomic mass is 10.1. The fourth-order valence-electron chi connectivity index (χ4n) is 2.13. The maximum atomic E-state index is 6.06. The summed E-state index contributed by atoms with van der Waals surface area (Å²) in [6.07, 6.45) is 4.66. The zero-order valence-corrected chi connectivity index (χ0v) is 13.5. The molecule has 4 nitrogen and oxygen atoms in total. The van der Waals surface area contributed by atoms with Crippen LogP contribution in [0, 0.1) is 0 Å². The quantitative estimate of drug-likeness (QED) is 0.808. The summed E-state index contributed by atoms with van der Waals surface area (Å²) in [6.45, 7) is 6.23. The molecule has 0 aliphatic heterocycles. The fourth-order valence-corrected chi connectivity index (χ4v) is 3.27. The van der Waals surface area contributed by atoms with E-state index < -0.39 is 0 Å². The van der Waals surface area contributed by atoms with E-state index in [1.807, 2.05) is 10.7 Å². The Labute approximate surface area is 129 Å². The van der Waals surface area contributed by atoms with Crippen LogP contribution in [0.15, 0.2) is 18.5 Å². The van der Waals surface area contributed by atoms with Gasteiger partial charge in [-0.3, -0.25) is 4.68 Å². The Morgan fingerprint density at radius 2 is 2.20 bits per heavy atom. The number of nitrogens with zero attached hydrogens (tertiary/aromatic N) is 3. The minimum absolute atomic E-state index is 0.257. The largest absolute Gasteiger partial charge is 0.309 e. The first-order valence-electron chi connectivity index (χ1n) is 7.09. The van der Waals surface area contributed by atoms with Crippen LogP contribution in [0.4, 0.5) is 0 Å². The molecule has 110 valence electrons. The van der Waals surface area contributed by atoms with Gasteiger partial charge in [-0.05, 0) is 31.5 Å². The van der Waals surface area contributed by atoms with E-state index >= 15 is 0 Å². The number of hydrogen-bond donors (Lipinski definition) is 1. The van der Waals surface area contributed by atoms with Crippen LogP contribution < -0.4 is 5.32 Å². The van der Waals surface area contributed by atoms with Crippen LogP contribution in [0.2, 0.25) is 4.34 Å². The average Bonchev–Trinajstić information content (AvgIpc) is 3.04. The van der Waals surface area contributed by atoms with E-state index in [0.717, 1.165) is 42.5 Å². The Hall–Kier alpha value is -0.910. The predicted octanol–water partition coefficient (Wildman–Crippen LogP) is 3.69. The van der Waals surface area contributed by atoms with Gasteiger partial charge in [0.25, 0.3) is 0 Å². The second-order valence-corrected chi connectivity index (χ2v) is 6.50. The smallest absolute Gasteiger partial charge is 0.138 e. The molecule has 2 heterocycles. The van der Waals surface area contributed by atoms with Crippen molar-refractivity contribution in [1.29, 1.82) is 0 Å². The molecule has 0 aliphatic carbocycles. The van der Waals surface area contributed by atoms with Crippen molar-refractivity contribution in [3.8, 4) is 0 Å². The molecule has 0 radical (unpaired) electrons. The lowest BCUT2D eigenvalue weighted by molar-refractivity contribution is 0.493. The summed E-state index contributed by atoms with van der Waals surface area (Å²) in [4.78, 5) is 5.66. The van der Waals surface area contributed by atoms with Crippen LogP contribution in [0.5, 0.6) is 0 Å². The molecular weight excluding hydrogens is 292 g/mol. The third-order valence-electron chi connectivity index (χ3n) is 3.10. The Balaban J connectivity index is 2.12. The van der Waals surface area contributed by atoms with Gasteiger partial charge in [0.05, 0.1) is 4.34 Å².